The van der Waals surface area contributed by atoms with Gasteiger partial charge in [0.05, 0.1) is 0 Å². The van der Waals surface area contributed by atoms with Gasteiger partial charge in [-0.3, -0.25) is 19.3 Å². The molecule has 3 aliphatic rings. The fraction of sp³-hybridized carbons (Fsp3) is 0.364. The molecule has 1 aliphatic carbocycles. The van der Waals surface area contributed by atoms with Crippen LogP contribution in [0, 0.1) is 6.92 Å². The molecule has 0 spiro atoms. The molecular formula is C22H21N7O6S4. The van der Waals surface area contributed by atoms with E-state index in [9.17, 15) is 24.3 Å². The van der Waals surface area contributed by atoms with Crippen LogP contribution in [0.1, 0.15) is 23.5 Å². The monoisotopic (exact) mass is 607 g/mol. The van der Waals surface area contributed by atoms with Crippen LogP contribution in [0.2, 0.25) is 0 Å². The first-order chi connectivity index (χ1) is 18.9. The molecule has 0 radical (unpaired) electrons. The molecule has 2 aromatic rings. The van der Waals surface area contributed by atoms with Crippen LogP contribution >= 0.6 is 46.2 Å². The summed E-state index contributed by atoms with van der Waals surface area (Å²) < 4.78 is 0.715. The average molecular weight is 608 g/mol. The molecule has 3 atom stereocenters. The summed E-state index contributed by atoms with van der Waals surface area (Å²) in [5.74, 6) is -1.72. The Balaban J connectivity index is 1.31. The van der Waals surface area contributed by atoms with Crippen LogP contribution in [0.25, 0.3) is 0 Å². The van der Waals surface area contributed by atoms with Crippen molar-refractivity contribution in [3.63, 3.8) is 0 Å². The van der Waals surface area contributed by atoms with Crippen molar-refractivity contribution in [3.05, 3.63) is 39.5 Å². The summed E-state index contributed by atoms with van der Waals surface area (Å²) in [7, 11) is 0. The number of thiazole rings is 1. The van der Waals surface area contributed by atoms with Crippen LogP contribution in [0.3, 0.4) is 0 Å². The molecule has 39 heavy (non-hydrogen) atoms. The minimum atomic E-state index is -1.21. The molecule has 2 unspecified atom stereocenters. The topological polar surface area (TPSA) is 176 Å². The minimum absolute atomic E-state index is 0.0719. The second kappa shape index (κ2) is 11.8. The second-order valence-electron chi connectivity index (χ2n) is 8.38. The van der Waals surface area contributed by atoms with E-state index in [0.717, 1.165) is 22.8 Å². The van der Waals surface area contributed by atoms with E-state index in [0.29, 0.717) is 34.2 Å². The Morgan fingerprint density at radius 1 is 1.38 bits per heavy atom. The van der Waals surface area contributed by atoms with E-state index in [1.165, 1.54) is 45.1 Å². The number of amides is 3. The first-order valence-corrected chi connectivity index (χ1v) is 15.3. The number of carbonyl (C=O) groups excluding carboxylic acids is 3. The van der Waals surface area contributed by atoms with Gasteiger partial charge in [0.15, 0.2) is 15.2 Å². The van der Waals surface area contributed by atoms with Gasteiger partial charge < -0.3 is 20.6 Å². The van der Waals surface area contributed by atoms with Crippen molar-refractivity contribution in [2.24, 2.45) is 5.16 Å². The Kier molecular flexibility index (Phi) is 8.29. The molecule has 0 saturated carbocycles. The van der Waals surface area contributed by atoms with Gasteiger partial charge >= 0.3 is 5.97 Å². The number of allylic oxidation sites excluding steroid dienone is 1. The lowest BCUT2D eigenvalue weighted by Gasteiger charge is -2.49. The molecule has 3 amide bonds. The highest BCUT2D eigenvalue weighted by molar-refractivity contribution is 8.01. The zero-order valence-corrected chi connectivity index (χ0v) is 23.5. The number of carboxylic acid groups (broad SMARTS) is 1. The third kappa shape index (κ3) is 5.85. The van der Waals surface area contributed by atoms with Crippen LogP contribution < -0.4 is 10.6 Å². The summed E-state index contributed by atoms with van der Waals surface area (Å²) >= 11 is 5.25. The number of aromatic nitrogens is 3. The van der Waals surface area contributed by atoms with E-state index in [4.69, 9.17) is 4.84 Å². The van der Waals surface area contributed by atoms with Gasteiger partial charge in [-0.15, -0.1) is 33.3 Å². The largest absolute Gasteiger partial charge is 0.477 e. The number of nitrogens with one attached hydrogen (secondary N) is 2. The number of anilines is 1. The van der Waals surface area contributed by atoms with Crippen LogP contribution in [0.15, 0.2) is 38.3 Å². The van der Waals surface area contributed by atoms with Gasteiger partial charge in [0.1, 0.15) is 33.9 Å². The van der Waals surface area contributed by atoms with Gasteiger partial charge in [-0.25, -0.2) is 9.78 Å². The smallest absolute Gasteiger partial charge is 0.352 e. The Bertz CT molecular complexity index is 1400. The number of hydrogen-bond donors (Lipinski definition) is 3. The van der Waals surface area contributed by atoms with Crippen molar-refractivity contribution < 1.29 is 29.1 Å². The predicted octanol–water partition coefficient (Wildman–Crippen LogP) is 1.84. The number of carboxylic acids is 1. The normalized spacial score (nSPS) is 22.4. The molecule has 13 nitrogen and oxygen atoms in total. The summed E-state index contributed by atoms with van der Waals surface area (Å²) in [5, 5.41) is 29.1. The highest BCUT2D eigenvalue weighted by Gasteiger charge is 2.54. The van der Waals surface area contributed by atoms with E-state index in [1.54, 1.807) is 0 Å². The summed E-state index contributed by atoms with van der Waals surface area (Å²) in [5.41, 5.74) is 0.534. The Labute approximate surface area is 238 Å². The first-order valence-electron chi connectivity index (χ1n) is 11.6. The maximum absolute atomic E-state index is 13.3. The average Bonchev–Trinajstić information content (AvgIpc) is 3.69. The fourth-order valence-corrected chi connectivity index (χ4v) is 7.96. The number of nitrogens with zero attached hydrogens (tertiary/aromatic N) is 5. The number of β-lactam (4-membered cyclic amide) rings is 1. The van der Waals surface area contributed by atoms with Gasteiger partial charge in [-0.1, -0.05) is 34.3 Å². The van der Waals surface area contributed by atoms with Crippen molar-refractivity contribution in [3.8, 4) is 0 Å². The SMILES string of the molecule is Cc1nnc(SCC2=C(C(=O)O)N3C(=O)C(NC(=O)C(=NOC4C=CCC4)c4csc(NC=O)n4)[C@@H]3SC2)s1. The number of hydrogen-bond acceptors (Lipinski definition) is 13. The molecule has 4 heterocycles. The zero-order valence-electron chi connectivity index (χ0n) is 20.2. The Hall–Kier alpha value is -3.28. The standard InChI is InChI=1S/C22H21N7O6S4/c1-10-26-27-22(39-10)38-7-11-6-36-19-15(18(32)29(19)16(11)20(33)34)25-17(31)14(28-35-12-4-2-3-5-12)13-8-37-21(24-13)23-9-30/h2,4,8-9,12,15,19H,3,5-7H2,1H3,(H,25,31)(H,33,34)(H,23,24,30)/t12?,15?,19-/m0/s1. The molecule has 0 aromatic carbocycles. The van der Waals surface area contributed by atoms with Crippen molar-refractivity contribution in [1.82, 2.24) is 25.4 Å². The fourth-order valence-electron chi connectivity index (χ4n) is 4.01. The van der Waals surface area contributed by atoms with Crippen LogP contribution in [-0.2, 0) is 24.0 Å². The molecule has 1 fully saturated rings. The summed E-state index contributed by atoms with van der Waals surface area (Å²) in [4.78, 5) is 60.3. The van der Waals surface area contributed by atoms with E-state index in [2.05, 4.69) is 31.0 Å². The molecule has 2 aromatic heterocycles. The van der Waals surface area contributed by atoms with Crippen molar-refractivity contribution in [2.45, 2.75) is 41.6 Å². The van der Waals surface area contributed by atoms with Crippen LogP contribution in [0.5, 0.6) is 0 Å². The van der Waals surface area contributed by atoms with Gasteiger partial charge in [0, 0.05) is 16.9 Å². The lowest BCUT2D eigenvalue weighted by Crippen LogP contribution is -2.71. The van der Waals surface area contributed by atoms with Gasteiger partial charge in [-0.2, -0.15) is 0 Å². The molecule has 5 rings (SSSR count). The Morgan fingerprint density at radius 3 is 2.92 bits per heavy atom. The third-order valence-electron chi connectivity index (χ3n) is 5.81. The number of oxime groups is 1. The first kappa shape index (κ1) is 27.3. The van der Waals surface area contributed by atoms with Crippen LogP contribution in [0.4, 0.5) is 5.13 Å². The minimum Gasteiger partial charge on any atom is -0.477 e. The third-order valence-corrected chi connectivity index (χ3v) is 9.98. The zero-order chi connectivity index (χ0) is 27.5. The number of aliphatic carboxylic acids is 1. The summed E-state index contributed by atoms with van der Waals surface area (Å²) in [6.45, 7) is 1.83. The Morgan fingerprint density at radius 2 is 2.23 bits per heavy atom. The maximum atomic E-state index is 13.3. The van der Waals surface area contributed by atoms with Crippen LogP contribution in [-0.4, -0.2) is 84.1 Å². The maximum Gasteiger partial charge on any atom is 0.352 e. The van der Waals surface area contributed by atoms with Gasteiger partial charge in [0.25, 0.3) is 11.8 Å². The summed E-state index contributed by atoms with van der Waals surface area (Å²) in [6.07, 6.45) is 5.51. The number of thioether (sulfide) groups is 2. The second-order valence-corrected chi connectivity index (χ2v) is 12.8. The molecule has 3 N–H and O–H groups in total. The van der Waals surface area contributed by atoms with E-state index in [1.807, 2.05) is 19.1 Å². The number of carbonyl (C=O) groups is 4. The lowest BCUT2D eigenvalue weighted by atomic mass is 10.0. The molecular weight excluding hydrogens is 587 g/mol. The predicted molar refractivity (Wildman–Crippen MR) is 147 cm³/mol. The van der Waals surface area contributed by atoms with E-state index < -0.39 is 29.2 Å². The molecule has 1 saturated heterocycles. The van der Waals surface area contributed by atoms with Crippen molar-refractivity contribution in [1.29, 1.82) is 0 Å². The molecule has 204 valence electrons. The number of fused-ring (bicyclic) bond motifs is 1. The van der Waals surface area contributed by atoms with Gasteiger partial charge in [0.2, 0.25) is 6.41 Å². The molecule has 17 heteroatoms. The molecule has 0 bridgehead atoms. The highest BCUT2D eigenvalue weighted by Crippen LogP contribution is 2.41. The van der Waals surface area contributed by atoms with Crippen molar-refractivity contribution >= 4 is 81.2 Å². The number of aryl methyl sites for hydroxylation is 1. The number of rotatable bonds is 11. The highest BCUT2D eigenvalue weighted by atomic mass is 32.2. The van der Waals surface area contributed by atoms with Crippen molar-refractivity contribution in [2.75, 3.05) is 16.8 Å². The quantitative estimate of drug-likeness (QED) is 0.0848. The lowest BCUT2D eigenvalue weighted by molar-refractivity contribution is -0.150. The van der Waals surface area contributed by atoms with E-state index >= 15 is 0 Å². The van der Waals surface area contributed by atoms with E-state index in [-0.39, 0.29) is 28.3 Å². The van der Waals surface area contributed by atoms with Gasteiger partial charge in [-0.05, 0) is 31.4 Å². The molecule has 2 aliphatic heterocycles. The summed E-state index contributed by atoms with van der Waals surface area (Å²) in [6, 6.07) is -0.959.